The van der Waals surface area contributed by atoms with E-state index in [0.717, 1.165) is 7.11 Å². The summed E-state index contributed by atoms with van der Waals surface area (Å²) < 4.78 is 32.8. The highest BCUT2D eigenvalue weighted by Crippen LogP contribution is 2.27. The number of nitro groups is 1. The summed E-state index contributed by atoms with van der Waals surface area (Å²) in [6, 6.07) is 11.7. The van der Waals surface area contributed by atoms with E-state index in [2.05, 4.69) is 11.3 Å². The number of carbonyl (C=O) groups excluding carboxylic acids is 1. The van der Waals surface area contributed by atoms with E-state index in [4.69, 9.17) is 4.74 Å². The van der Waals surface area contributed by atoms with Gasteiger partial charge in [0, 0.05) is 12.1 Å². The number of ether oxygens (including phenoxy) is 1. The zero-order valence-corrected chi connectivity index (χ0v) is 15.8. The van der Waals surface area contributed by atoms with Crippen molar-refractivity contribution in [2.24, 2.45) is 0 Å². The topological polar surface area (TPSA) is 116 Å². The fourth-order valence-electron chi connectivity index (χ4n) is 2.45. The number of non-ortho nitro benzene ring substituents is 1. The minimum atomic E-state index is -4.01. The van der Waals surface area contributed by atoms with E-state index < -0.39 is 27.0 Å². The number of hydrogen-bond acceptors (Lipinski definition) is 6. The molecular weight excluding hydrogens is 384 g/mol. The largest absolute Gasteiger partial charge is 0.466 e. The van der Waals surface area contributed by atoms with Gasteiger partial charge in [-0.1, -0.05) is 49.1 Å². The van der Waals surface area contributed by atoms with Gasteiger partial charge in [-0.25, -0.2) is 13.2 Å². The van der Waals surface area contributed by atoms with Gasteiger partial charge >= 0.3 is 5.97 Å². The van der Waals surface area contributed by atoms with Crippen LogP contribution < -0.4 is 4.72 Å². The lowest BCUT2D eigenvalue weighted by molar-refractivity contribution is -0.384. The number of nitro benzene ring substituents is 1. The van der Waals surface area contributed by atoms with Crippen LogP contribution in [0.5, 0.6) is 0 Å². The van der Waals surface area contributed by atoms with Crippen LogP contribution in [0, 0.1) is 10.1 Å². The number of rotatable bonds is 8. The summed E-state index contributed by atoms with van der Waals surface area (Å²) in [6.45, 7) is 3.53. The molecule has 0 spiro atoms. The molecule has 0 saturated heterocycles. The van der Waals surface area contributed by atoms with Crippen LogP contribution >= 0.6 is 0 Å². The van der Waals surface area contributed by atoms with Gasteiger partial charge in [-0.2, -0.15) is 4.72 Å². The Morgan fingerprint density at radius 1 is 1.18 bits per heavy atom. The number of allylic oxidation sites excluding steroid dienone is 2. The van der Waals surface area contributed by atoms with Crippen molar-refractivity contribution in [1.29, 1.82) is 0 Å². The summed E-state index contributed by atoms with van der Waals surface area (Å²) in [5.41, 5.74) is 0.134. The number of carbonyl (C=O) groups is 1. The van der Waals surface area contributed by atoms with Crippen LogP contribution in [0.1, 0.15) is 11.6 Å². The molecule has 146 valence electrons. The molecule has 0 aliphatic heterocycles. The van der Waals surface area contributed by atoms with Crippen molar-refractivity contribution in [1.82, 2.24) is 4.72 Å². The van der Waals surface area contributed by atoms with Gasteiger partial charge in [-0.3, -0.25) is 10.1 Å². The highest BCUT2D eigenvalue weighted by Gasteiger charge is 2.29. The first-order valence-corrected chi connectivity index (χ1v) is 9.51. The summed E-state index contributed by atoms with van der Waals surface area (Å²) >= 11 is 0. The number of nitrogens with one attached hydrogen (secondary N) is 1. The van der Waals surface area contributed by atoms with Crippen molar-refractivity contribution in [3.05, 3.63) is 94.6 Å². The van der Waals surface area contributed by atoms with Crippen molar-refractivity contribution in [2.45, 2.75) is 10.9 Å². The normalized spacial score (nSPS) is 12.8. The van der Waals surface area contributed by atoms with Crippen molar-refractivity contribution in [3.8, 4) is 0 Å². The van der Waals surface area contributed by atoms with Crippen LogP contribution in [0.25, 0.3) is 0 Å². The predicted molar refractivity (Wildman–Crippen MR) is 103 cm³/mol. The Balaban J connectivity index is 2.55. The number of hydrogen-bond donors (Lipinski definition) is 1. The molecule has 0 radical (unpaired) electrons. The van der Waals surface area contributed by atoms with E-state index in [1.807, 2.05) is 0 Å². The molecule has 0 bridgehead atoms. The summed E-state index contributed by atoms with van der Waals surface area (Å²) in [6.07, 6.45) is 2.65. The first-order valence-electron chi connectivity index (χ1n) is 8.03. The summed E-state index contributed by atoms with van der Waals surface area (Å²) in [7, 11) is -2.84. The molecule has 0 aromatic heterocycles. The third-order valence-electron chi connectivity index (χ3n) is 3.79. The Labute approximate surface area is 162 Å². The average Bonchev–Trinajstić information content (AvgIpc) is 2.70. The lowest BCUT2D eigenvalue weighted by Gasteiger charge is -2.21. The van der Waals surface area contributed by atoms with Gasteiger partial charge in [-0.15, -0.1) is 0 Å². The molecular formula is C19H18N2O6S. The first kappa shape index (κ1) is 21.0. The second kappa shape index (κ2) is 9.07. The van der Waals surface area contributed by atoms with Crippen molar-refractivity contribution < 1.29 is 22.9 Å². The molecule has 0 heterocycles. The molecule has 2 rings (SSSR count). The zero-order chi connectivity index (χ0) is 20.7. The van der Waals surface area contributed by atoms with Crippen LogP contribution in [0.2, 0.25) is 0 Å². The molecule has 0 aliphatic carbocycles. The Bertz CT molecular complexity index is 998. The van der Waals surface area contributed by atoms with Gasteiger partial charge in [0.2, 0.25) is 10.0 Å². The minimum Gasteiger partial charge on any atom is -0.466 e. The van der Waals surface area contributed by atoms with Crippen molar-refractivity contribution in [3.63, 3.8) is 0 Å². The van der Waals surface area contributed by atoms with E-state index >= 15 is 0 Å². The van der Waals surface area contributed by atoms with Gasteiger partial charge in [0.15, 0.2) is 0 Å². The maximum Gasteiger partial charge on any atom is 0.335 e. The monoisotopic (exact) mass is 402 g/mol. The van der Waals surface area contributed by atoms with Crippen LogP contribution in [0.15, 0.2) is 83.8 Å². The van der Waals surface area contributed by atoms with E-state index in [9.17, 15) is 23.3 Å². The molecule has 9 heteroatoms. The molecule has 1 unspecified atom stereocenters. The molecule has 0 amide bonds. The number of nitrogens with zero attached hydrogens (tertiary/aromatic N) is 1. The predicted octanol–water partition coefficient (Wildman–Crippen LogP) is 2.90. The second-order valence-electron chi connectivity index (χ2n) is 5.57. The van der Waals surface area contributed by atoms with E-state index in [-0.39, 0.29) is 16.2 Å². The summed E-state index contributed by atoms with van der Waals surface area (Å²) in [4.78, 5) is 22.5. The lowest BCUT2D eigenvalue weighted by atomic mass is 9.99. The van der Waals surface area contributed by atoms with Crippen molar-refractivity contribution >= 4 is 21.7 Å². The standard InChI is InChI=1S/C19H18N2O6S/c1-3-7-17(19(22)27-2)18(14-10-12-15(13-11-14)21(23)24)20-28(25,26)16-8-5-4-6-9-16/h3-13,18,20H,1H2,2H3/b17-7+. The highest BCUT2D eigenvalue weighted by atomic mass is 32.2. The van der Waals surface area contributed by atoms with Crippen LogP contribution in [0.3, 0.4) is 0 Å². The molecule has 1 N–H and O–H groups in total. The lowest BCUT2D eigenvalue weighted by Crippen LogP contribution is -2.32. The Hall–Kier alpha value is -3.30. The zero-order valence-electron chi connectivity index (χ0n) is 14.9. The van der Waals surface area contributed by atoms with Gasteiger partial charge < -0.3 is 4.74 Å². The minimum absolute atomic E-state index is 0.00438. The Kier molecular flexibility index (Phi) is 6.80. The summed E-state index contributed by atoms with van der Waals surface area (Å²) in [5.74, 6) is -0.765. The quantitative estimate of drug-likeness (QED) is 0.239. The SMILES string of the molecule is C=C/C=C(/C(=O)OC)C(NS(=O)(=O)c1ccccc1)c1ccc([N+](=O)[O-])cc1. The van der Waals surface area contributed by atoms with Gasteiger partial charge in [0.1, 0.15) is 0 Å². The maximum atomic E-state index is 12.8. The number of methoxy groups -OCH3 is 1. The Morgan fingerprint density at radius 3 is 2.29 bits per heavy atom. The molecule has 2 aromatic carbocycles. The van der Waals surface area contributed by atoms with Crippen LogP contribution in [0.4, 0.5) is 5.69 Å². The number of esters is 1. The van der Waals surface area contributed by atoms with E-state index in [1.54, 1.807) is 18.2 Å². The smallest absolute Gasteiger partial charge is 0.335 e. The molecule has 28 heavy (non-hydrogen) atoms. The number of benzene rings is 2. The molecule has 0 fully saturated rings. The van der Waals surface area contributed by atoms with Gasteiger partial charge in [-0.05, 0) is 17.7 Å². The second-order valence-corrected chi connectivity index (χ2v) is 7.28. The molecule has 1 atom stereocenters. The third-order valence-corrected chi connectivity index (χ3v) is 5.23. The van der Waals surface area contributed by atoms with Gasteiger partial charge in [0.25, 0.3) is 5.69 Å². The van der Waals surface area contributed by atoms with Crippen molar-refractivity contribution in [2.75, 3.05) is 7.11 Å². The van der Waals surface area contributed by atoms with E-state index in [0.29, 0.717) is 5.56 Å². The molecule has 8 nitrogen and oxygen atoms in total. The third kappa shape index (κ3) is 4.90. The van der Waals surface area contributed by atoms with Crippen LogP contribution in [-0.2, 0) is 19.6 Å². The fourth-order valence-corrected chi connectivity index (χ4v) is 3.67. The number of sulfonamides is 1. The molecule has 0 saturated carbocycles. The van der Waals surface area contributed by atoms with E-state index in [1.165, 1.54) is 48.6 Å². The maximum absolute atomic E-state index is 12.8. The summed E-state index contributed by atoms with van der Waals surface area (Å²) in [5, 5.41) is 10.9. The average molecular weight is 402 g/mol. The first-order chi connectivity index (χ1) is 13.3. The van der Waals surface area contributed by atoms with Crippen LogP contribution in [-0.4, -0.2) is 26.4 Å². The molecule has 2 aromatic rings. The molecule has 0 aliphatic rings. The van der Waals surface area contributed by atoms with Gasteiger partial charge in [0.05, 0.1) is 28.5 Å². The fraction of sp³-hybridized carbons (Fsp3) is 0.105. The Morgan fingerprint density at radius 2 is 1.79 bits per heavy atom. The highest BCUT2D eigenvalue weighted by molar-refractivity contribution is 7.89.